The van der Waals surface area contributed by atoms with Gasteiger partial charge in [-0.25, -0.2) is 8.42 Å². The maximum Gasteiger partial charge on any atom is 0.270 e. The minimum atomic E-state index is -4.09. The monoisotopic (exact) mass is 420 g/mol. The minimum Gasteiger partial charge on any atom is -0.495 e. The smallest absolute Gasteiger partial charge is 0.270 e. The molecule has 0 bridgehead atoms. The number of ether oxygens (including phenoxy) is 1. The van der Waals surface area contributed by atoms with E-state index >= 15 is 0 Å². The predicted molar refractivity (Wildman–Crippen MR) is 111 cm³/mol. The summed E-state index contributed by atoms with van der Waals surface area (Å²) in [6.45, 7) is 5.88. The first-order chi connectivity index (χ1) is 13.9. The number of para-hydroxylation sites is 2. The first-order valence-corrected chi connectivity index (χ1v) is 10.8. The number of rotatable bonds is 7. The van der Waals surface area contributed by atoms with Crippen LogP contribution in [0.5, 0.6) is 5.75 Å². The Morgan fingerprint density at radius 3 is 2.45 bits per heavy atom. The quantitative estimate of drug-likeness (QED) is 0.542. The van der Waals surface area contributed by atoms with Gasteiger partial charge in [-0.05, 0) is 24.7 Å². The van der Waals surface area contributed by atoms with Crippen molar-refractivity contribution in [3.05, 3.63) is 52.6 Å². The Morgan fingerprint density at radius 1 is 1.14 bits per heavy atom. The topological polar surface area (TPSA) is 105 Å². The lowest BCUT2D eigenvalue weighted by molar-refractivity contribution is -0.385. The fourth-order valence-corrected chi connectivity index (χ4v) is 4.64. The van der Waals surface area contributed by atoms with E-state index < -0.39 is 14.9 Å². The number of hydrogen-bond donors (Lipinski definition) is 1. The number of hydrogen-bond acceptors (Lipinski definition) is 7. The largest absolute Gasteiger partial charge is 0.495 e. The molecule has 9 nitrogen and oxygen atoms in total. The van der Waals surface area contributed by atoms with E-state index in [2.05, 4.69) is 16.5 Å². The first kappa shape index (κ1) is 20.9. The summed E-state index contributed by atoms with van der Waals surface area (Å²) in [5, 5.41) is 11.3. The number of non-ortho nitro benzene ring substituents is 1. The van der Waals surface area contributed by atoms with Gasteiger partial charge in [0.05, 0.1) is 23.4 Å². The van der Waals surface area contributed by atoms with Crippen LogP contribution in [0.1, 0.15) is 6.92 Å². The highest BCUT2D eigenvalue weighted by Gasteiger charge is 2.27. The first-order valence-electron chi connectivity index (χ1n) is 9.27. The van der Waals surface area contributed by atoms with Crippen LogP contribution in [-0.4, -0.2) is 58.1 Å². The molecule has 1 N–H and O–H groups in total. The summed E-state index contributed by atoms with van der Waals surface area (Å²) < 4.78 is 34.1. The molecule has 3 rings (SSSR count). The molecule has 0 unspecified atom stereocenters. The summed E-state index contributed by atoms with van der Waals surface area (Å²) in [4.78, 5) is 14.8. The third kappa shape index (κ3) is 4.60. The fourth-order valence-electron chi connectivity index (χ4n) is 3.33. The van der Waals surface area contributed by atoms with Crippen LogP contribution in [0.4, 0.5) is 17.1 Å². The van der Waals surface area contributed by atoms with E-state index in [-0.39, 0.29) is 16.3 Å². The number of methoxy groups -OCH3 is 1. The van der Waals surface area contributed by atoms with E-state index in [1.165, 1.54) is 19.2 Å². The van der Waals surface area contributed by atoms with Gasteiger partial charge in [0.15, 0.2) is 0 Å². The average Bonchev–Trinajstić information content (AvgIpc) is 2.73. The maximum absolute atomic E-state index is 13.2. The fraction of sp³-hybridized carbons (Fsp3) is 0.368. The van der Waals surface area contributed by atoms with E-state index in [0.717, 1.165) is 25.7 Å². The Morgan fingerprint density at radius 2 is 1.83 bits per heavy atom. The van der Waals surface area contributed by atoms with E-state index in [1.54, 1.807) is 24.3 Å². The Balaban J connectivity index is 2.01. The summed E-state index contributed by atoms with van der Waals surface area (Å²) in [5.41, 5.74) is 0.443. The molecule has 2 aromatic carbocycles. The van der Waals surface area contributed by atoms with Crippen molar-refractivity contribution in [3.63, 3.8) is 0 Å². The van der Waals surface area contributed by atoms with Crippen molar-refractivity contribution in [3.8, 4) is 5.75 Å². The van der Waals surface area contributed by atoms with Crippen molar-refractivity contribution in [2.45, 2.75) is 11.8 Å². The number of nitrogens with one attached hydrogen (secondary N) is 1. The summed E-state index contributed by atoms with van der Waals surface area (Å²) in [7, 11) is -2.65. The molecule has 1 aliphatic heterocycles. The third-order valence-corrected chi connectivity index (χ3v) is 6.35. The molecule has 156 valence electrons. The van der Waals surface area contributed by atoms with Gasteiger partial charge in [-0.2, -0.15) is 0 Å². The van der Waals surface area contributed by atoms with Gasteiger partial charge in [0, 0.05) is 38.3 Å². The van der Waals surface area contributed by atoms with Gasteiger partial charge in [-0.15, -0.1) is 0 Å². The Bertz CT molecular complexity index is 988. The zero-order valence-electron chi connectivity index (χ0n) is 16.4. The van der Waals surface area contributed by atoms with Crippen LogP contribution < -0.4 is 14.4 Å². The van der Waals surface area contributed by atoms with E-state index in [9.17, 15) is 18.5 Å². The number of nitrogens with zero attached hydrogens (tertiary/aromatic N) is 3. The van der Waals surface area contributed by atoms with Crippen molar-refractivity contribution < 1.29 is 18.1 Å². The maximum atomic E-state index is 13.2. The number of nitro groups is 1. The molecule has 10 heteroatoms. The summed E-state index contributed by atoms with van der Waals surface area (Å²) in [6, 6.07) is 10.6. The van der Waals surface area contributed by atoms with E-state index in [4.69, 9.17) is 4.74 Å². The molecule has 1 saturated heterocycles. The van der Waals surface area contributed by atoms with Crippen LogP contribution in [0.15, 0.2) is 47.4 Å². The molecule has 29 heavy (non-hydrogen) atoms. The number of likely N-dealkylation sites (N-methyl/N-ethyl adjacent to an activating group) is 1. The molecule has 0 amide bonds. The second-order valence-electron chi connectivity index (χ2n) is 6.64. The third-order valence-electron chi connectivity index (χ3n) is 4.96. The Kier molecular flexibility index (Phi) is 6.23. The summed E-state index contributed by atoms with van der Waals surface area (Å²) >= 11 is 0. The normalized spacial score (nSPS) is 15.2. The highest BCUT2D eigenvalue weighted by Crippen LogP contribution is 2.33. The van der Waals surface area contributed by atoms with Gasteiger partial charge in [0.25, 0.3) is 15.7 Å². The van der Waals surface area contributed by atoms with Gasteiger partial charge in [-0.1, -0.05) is 19.1 Å². The van der Waals surface area contributed by atoms with Crippen LogP contribution in [0.3, 0.4) is 0 Å². The van der Waals surface area contributed by atoms with E-state index in [0.29, 0.717) is 24.5 Å². The molecular formula is C19H24N4O5S. The van der Waals surface area contributed by atoms with Crippen molar-refractivity contribution in [2.24, 2.45) is 0 Å². The summed E-state index contributed by atoms with van der Waals surface area (Å²) in [6.07, 6.45) is 0. The number of nitro benzene ring substituents is 1. The molecule has 1 heterocycles. The second-order valence-corrected chi connectivity index (χ2v) is 8.29. The number of benzene rings is 2. The highest BCUT2D eigenvalue weighted by atomic mass is 32.2. The molecular weight excluding hydrogens is 396 g/mol. The zero-order chi connectivity index (χ0) is 21.0. The van der Waals surface area contributed by atoms with Gasteiger partial charge < -0.3 is 14.5 Å². The van der Waals surface area contributed by atoms with Crippen LogP contribution in [-0.2, 0) is 10.0 Å². The van der Waals surface area contributed by atoms with Gasteiger partial charge in [0.1, 0.15) is 10.6 Å². The van der Waals surface area contributed by atoms with E-state index in [1.807, 2.05) is 4.90 Å². The molecule has 0 aliphatic carbocycles. The molecule has 0 spiro atoms. The van der Waals surface area contributed by atoms with Crippen LogP contribution in [0, 0.1) is 10.1 Å². The molecule has 0 aromatic heterocycles. The Hall–Kier alpha value is -2.85. The van der Waals surface area contributed by atoms with Crippen molar-refractivity contribution >= 4 is 27.1 Å². The molecule has 0 atom stereocenters. The Labute approximate surface area is 170 Å². The van der Waals surface area contributed by atoms with Crippen LogP contribution in [0.2, 0.25) is 0 Å². The molecule has 1 aliphatic rings. The van der Waals surface area contributed by atoms with Gasteiger partial charge in [-0.3, -0.25) is 14.8 Å². The van der Waals surface area contributed by atoms with Gasteiger partial charge >= 0.3 is 0 Å². The number of anilines is 2. The standard InChI is InChI=1S/C19H24N4O5S/c1-3-21-10-12-22(13-11-21)17-9-8-15(23(24)25)14-19(17)29(26,27)20-16-6-4-5-7-18(16)28-2/h4-9,14,20H,3,10-13H2,1-2H3. The minimum absolute atomic E-state index is 0.123. The van der Waals surface area contributed by atoms with Gasteiger partial charge in [0.2, 0.25) is 0 Å². The van der Waals surface area contributed by atoms with Crippen molar-refractivity contribution in [1.82, 2.24) is 4.90 Å². The number of sulfonamides is 1. The predicted octanol–water partition coefficient (Wildman–Crippen LogP) is 2.55. The SMILES string of the molecule is CCN1CCN(c2ccc([N+](=O)[O-])cc2S(=O)(=O)Nc2ccccc2OC)CC1. The van der Waals surface area contributed by atoms with Crippen molar-refractivity contribution in [1.29, 1.82) is 0 Å². The lowest BCUT2D eigenvalue weighted by Gasteiger charge is -2.36. The molecule has 2 aromatic rings. The lowest BCUT2D eigenvalue weighted by Crippen LogP contribution is -2.46. The molecule has 0 radical (unpaired) electrons. The van der Waals surface area contributed by atoms with Crippen molar-refractivity contribution in [2.75, 3.05) is 49.5 Å². The zero-order valence-corrected chi connectivity index (χ0v) is 17.2. The molecule has 0 saturated carbocycles. The summed E-state index contributed by atoms with van der Waals surface area (Å²) in [5.74, 6) is 0.361. The van der Waals surface area contributed by atoms with Crippen LogP contribution >= 0.6 is 0 Å². The highest BCUT2D eigenvalue weighted by molar-refractivity contribution is 7.93. The number of piperazine rings is 1. The molecule has 1 fully saturated rings. The second kappa shape index (κ2) is 8.66. The average molecular weight is 420 g/mol. The van der Waals surface area contributed by atoms with Crippen LogP contribution in [0.25, 0.3) is 0 Å². The lowest BCUT2D eigenvalue weighted by atomic mass is 10.2.